The molecule has 0 aliphatic rings. The van der Waals surface area contributed by atoms with E-state index in [-0.39, 0.29) is 12.5 Å². The van der Waals surface area contributed by atoms with Gasteiger partial charge >= 0.3 is 0 Å². The number of carbonyl (C=O) groups is 2. The van der Waals surface area contributed by atoms with Gasteiger partial charge in [-0.2, -0.15) is 5.10 Å². The van der Waals surface area contributed by atoms with Crippen molar-refractivity contribution in [3.63, 3.8) is 0 Å². The molecule has 0 aliphatic heterocycles. The van der Waals surface area contributed by atoms with Crippen molar-refractivity contribution in [3.8, 4) is 11.3 Å². The Bertz CT molecular complexity index is 1230. The van der Waals surface area contributed by atoms with Gasteiger partial charge in [0, 0.05) is 24.2 Å². The normalized spacial score (nSPS) is 10.8. The van der Waals surface area contributed by atoms with Crippen molar-refractivity contribution < 1.29 is 9.59 Å². The summed E-state index contributed by atoms with van der Waals surface area (Å²) in [4.78, 5) is 29.2. The summed E-state index contributed by atoms with van der Waals surface area (Å²) < 4.78 is 1.77. The highest BCUT2D eigenvalue weighted by Crippen LogP contribution is 2.25. The molecular weight excluding hydrogens is 378 g/mol. The quantitative estimate of drug-likeness (QED) is 0.520. The molecule has 2 amide bonds. The van der Waals surface area contributed by atoms with E-state index in [2.05, 4.69) is 10.4 Å². The Morgan fingerprint density at radius 2 is 1.87 bits per heavy atom. The Kier molecular flexibility index (Phi) is 5.26. The van der Waals surface area contributed by atoms with Crippen LogP contribution in [0.5, 0.6) is 0 Å². The Hall–Kier alpha value is -4.00. The topological polar surface area (TPSA) is 103 Å². The van der Waals surface area contributed by atoms with E-state index in [1.54, 1.807) is 35.1 Å². The summed E-state index contributed by atoms with van der Waals surface area (Å²) >= 11 is 0. The summed E-state index contributed by atoms with van der Waals surface area (Å²) in [5.41, 5.74) is 9.33. The van der Waals surface area contributed by atoms with Gasteiger partial charge in [-0.15, -0.1) is 0 Å². The number of pyridine rings is 1. The van der Waals surface area contributed by atoms with Gasteiger partial charge in [-0.25, -0.2) is 9.67 Å². The molecule has 0 atom stereocenters. The minimum absolute atomic E-state index is 0.236. The molecule has 150 valence electrons. The summed E-state index contributed by atoms with van der Waals surface area (Å²) in [5, 5.41) is 7.98. The molecule has 7 nitrogen and oxygen atoms in total. The molecule has 3 N–H and O–H groups in total. The average Bonchev–Trinajstić information content (AvgIpc) is 3.20. The van der Waals surface area contributed by atoms with Gasteiger partial charge in [0.05, 0.1) is 22.8 Å². The Morgan fingerprint density at radius 3 is 2.60 bits per heavy atom. The highest BCUT2D eigenvalue weighted by molar-refractivity contribution is 6.06. The van der Waals surface area contributed by atoms with Crippen molar-refractivity contribution in [2.45, 2.75) is 20.0 Å². The summed E-state index contributed by atoms with van der Waals surface area (Å²) in [6, 6.07) is 18.4. The molecule has 4 aromatic rings. The SMILES string of the molecule is CCn1ncc2c(C(=O)NCc3cccc(C(N)=O)c3)cc(-c3ccccc3)nc21. The van der Waals surface area contributed by atoms with Crippen molar-refractivity contribution in [2.75, 3.05) is 0 Å². The number of hydrogen-bond acceptors (Lipinski definition) is 4. The number of benzene rings is 2. The number of hydrogen-bond donors (Lipinski definition) is 2. The van der Waals surface area contributed by atoms with Crippen LogP contribution in [-0.2, 0) is 13.1 Å². The molecule has 4 rings (SSSR count). The largest absolute Gasteiger partial charge is 0.366 e. The number of carbonyl (C=O) groups excluding carboxylic acids is 2. The van der Waals surface area contributed by atoms with Crippen LogP contribution < -0.4 is 11.1 Å². The Balaban J connectivity index is 1.68. The van der Waals surface area contributed by atoms with Crippen LogP contribution in [0.1, 0.15) is 33.2 Å². The lowest BCUT2D eigenvalue weighted by molar-refractivity contribution is 0.0952. The monoisotopic (exact) mass is 399 g/mol. The van der Waals surface area contributed by atoms with E-state index in [4.69, 9.17) is 10.7 Å². The minimum Gasteiger partial charge on any atom is -0.366 e. The number of rotatable bonds is 6. The van der Waals surface area contributed by atoms with Crippen LogP contribution in [0.15, 0.2) is 66.9 Å². The zero-order valence-corrected chi connectivity index (χ0v) is 16.5. The highest BCUT2D eigenvalue weighted by Gasteiger charge is 2.17. The van der Waals surface area contributed by atoms with Crippen LogP contribution in [0, 0.1) is 0 Å². The van der Waals surface area contributed by atoms with E-state index < -0.39 is 5.91 Å². The maximum Gasteiger partial charge on any atom is 0.252 e. The molecule has 0 saturated carbocycles. The fourth-order valence-electron chi connectivity index (χ4n) is 3.34. The summed E-state index contributed by atoms with van der Waals surface area (Å²) in [5.74, 6) is -0.738. The summed E-state index contributed by atoms with van der Waals surface area (Å²) in [7, 11) is 0. The number of aryl methyl sites for hydroxylation is 1. The zero-order valence-electron chi connectivity index (χ0n) is 16.5. The Labute approximate surface area is 173 Å². The second-order valence-corrected chi connectivity index (χ2v) is 6.87. The lowest BCUT2D eigenvalue weighted by Gasteiger charge is -2.10. The lowest BCUT2D eigenvalue weighted by atomic mass is 10.1. The third-order valence-electron chi connectivity index (χ3n) is 4.89. The fourth-order valence-corrected chi connectivity index (χ4v) is 3.34. The number of amides is 2. The first kappa shape index (κ1) is 19.3. The summed E-state index contributed by atoms with van der Waals surface area (Å²) in [6.07, 6.45) is 1.67. The molecule has 0 saturated heterocycles. The van der Waals surface area contributed by atoms with Crippen molar-refractivity contribution in [1.29, 1.82) is 0 Å². The van der Waals surface area contributed by atoms with Gasteiger partial charge in [0.1, 0.15) is 0 Å². The molecule has 7 heteroatoms. The zero-order chi connectivity index (χ0) is 21.1. The van der Waals surface area contributed by atoms with Crippen LogP contribution in [-0.4, -0.2) is 26.6 Å². The van der Waals surface area contributed by atoms with Gasteiger partial charge in [0.2, 0.25) is 5.91 Å². The van der Waals surface area contributed by atoms with E-state index in [0.717, 1.165) is 11.1 Å². The third-order valence-corrected chi connectivity index (χ3v) is 4.89. The van der Waals surface area contributed by atoms with Crippen LogP contribution in [0.2, 0.25) is 0 Å². The van der Waals surface area contributed by atoms with Crippen LogP contribution in [0.3, 0.4) is 0 Å². The van der Waals surface area contributed by atoms with Gasteiger partial charge in [-0.1, -0.05) is 42.5 Å². The fraction of sp³-hybridized carbons (Fsp3) is 0.130. The highest BCUT2D eigenvalue weighted by atomic mass is 16.2. The van der Waals surface area contributed by atoms with Crippen molar-refractivity contribution >= 4 is 22.8 Å². The molecule has 2 heterocycles. The van der Waals surface area contributed by atoms with Gasteiger partial charge in [-0.3, -0.25) is 9.59 Å². The van der Waals surface area contributed by atoms with E-state index >= 15 is 0 Å². The van der Waals surface area contributed by atoms with E-state index in [0.29, 0.717) is 34.4 Å². The smallest absolute Gasteiger partial charge is 0.252 e. The summed E-state index contributed by atoms with van der Waals surface area (Å²) in [6.45, 7) is 2.90. The van der Waals surface area contributed by atoms with Crippen LogP contribution in [0.4, 0.5) is 0 Å². The molecule has 30 heavy (non-hydrogen) atoms. The number of nitrogens with two attached hydrogens (primary N) is 1. The number of nitrogens with zero attached hydrogens (tertiary/aromatic N) is 3. The average molecular weight is 399 g/mol. The van der Waals surface area contributed by atoms with Gasteiger partial charge in [0.15, 0.2) is 5.65 Å². The standard InChI is InChI=1S/C23H21N5O2/c1-2-28-22-19(14-26-28)18(12-20(27-22)16-8-4-3-5-9-16)23(30)25-13-15-7-6-10-17(11-15)21(24)29/h3-12,14H,2,13H2,1H3,(H2,24,29)(H,25,30). The molecule has 0 radical (unpaired) electrons. The first-order valence-electron chi connectivity index (χ1n) is 9.65. The van der Waals surface area contributed by atoms with Gasteiger partial charge < -0.3 is 11.1 Å². The molecule has 2 aromatic carbocycles. The van der Waals surface area contributed by atoms with Gasteiger partial charge in [-0.05, 0) is 30.7 Å². The molecule has 0 aliphatic carbocycles. The number of nitrogens with one attached hydrogen (secondary N) is 1. The molecule has 0 bridgehead atoms. The van der Waals surface area contributed by atoms with Crippen molar-refractivity contribution in [1.82, 2.24) is 20.1 Å². The lowest BCUT2D eigenvalue weighted by Crippen LogP contribution is -2.23. The predicted molar refractivity (Wildman–Crippen MR) is 115 cm³/mol. The Morgan fingerprint density at radius 1 is 1.07 bits per heavy atom. The first-order chi connectivity index (χ1) is 14.6. The van der Waals surface area contributed by atoms with Gasteiger partial charge in [0.25, 0.3) is 5.91 Å². The molecule has 0 unspecified atom stereocenters. The maximum absolute atomic E-state index is 13.1. The van der Waals surface area contributed by atoms with Crippen LogP contribution in [0.25, 0.3) is 22.3 Å². The van der Waals surface area contributed by atoms with E-state index in [1.807, 2.05) is 43.3 Å². The van der Waals surface area contributed by atoms with Crippen molar-refractivity contribution in [2.24, 2.45) is 5.73 Å². The number of fused-ring (bicyclic) bond motifs is 1. The van der Waals surface area contributed by atoms with Crippen molar-refractivity contribution in [3.05, 3.63) is 83.6 Å². The molecule has 0 spiro atoms. The van der Waals surface area contributed by atoms with Crippen LogP contribution >= 0.6 is 0 Å². The molecular formula is C23H21N5O2. The molecule has 2 aromatic heterocycles. The molecule has 0 fully saturated rings. The number of aromatic nitrogens is 3. The second-order valence-electron chi connectivity index (χ2n) is 6.87. The number of primary amides is 1. The second kappa shape index (κ2) is 8.16. The maximum atomic E-state index is 13.1. The van der Waals surface area contributed by atoms with E-state index in [9.17, 15) is 9.59 Å². The first-order valence-corrected chi connectivity index (χ1v) is 9.65. The minimum atomic E-state index is -0.501. The van der Waals surface area contributed by atoms with E-state index in [1.165, 1.54) is 0 Å². The third kappa shape index (κ3) is 3.77. The predicted octanol–water partition coefficient (Wildman–Crippen LogP) is 3.15.